The van der Waals surface area contributed by atoms with Gasteiger partial charge in [0.05, 0.1) is 17.3 Å². The first-order valence-electron chi connectivity index (χ1n) is 6.61. The van der Waals surface area contributed by atoms with Gasteiger partial charge < -0.3 is 15.8 Å². The Morgan fingerprint density at radius 2 is 2.10 bits per heavy atom. The van der Waals surface area contributed by atoms with E-state index in [1.165, 1.54) is 0 Å². The number of benzene rings is 2. The topological polar surface area (TPSA) is 64.3 Å². The van der Waals surface area contributed by atoms with Crippen LogP contribution in [0.4, 0.5) is 11.4 Å². The molecular weight excluding hydrogens is 288 g/mol. The summed E-state index contributed by atoms with van der Waals surface area (Å²) in [5.74, 6) is 0.114. The molecule has 0 unspecified atom stereocenters. The highest BCUT2D eigenvalue weighted by Crippen LogP contribution is 2.28. The van der Waals surface area contributed by atoms with Gasteiger partial charge in [-0.3, -0.25) is 4.79 Å². The number of hydrogen-bond acceptors (Lipinski definition) is 3. The van der Waals surface area contributed by atoms with Crippen molar-refractivity contribution in [1.29, 1.82) is 0 Å². The first-order valence-corrected chi connectivity index (χ1v) is 6.99. The number of carbonyl (C=O) groups is 1. The van der Waals surface area contributed by atoms with Crippen molar-refractivity contribution in [3.63, 3.8) is 0 Å². The summed E-state index contributed by atoms with van der Waals surface area (Å²) in [5.41, 5.74) is 8.13. The SMILES string of the molecule is CCOc1cccc(N)c1C(=O)Nc1cc(C)ccc1Cl. The number of nitrogen functional groups attached to an aromatic ring is 1. The molecule has 4 nitrogen and oxygen atoms in total. The molecule has 0 radical (unpaired) electrons. The van der Waals surface area contributed by atoms with E-state index < -0.39 is 0 Å². The second kappa shape index (κ2) is 6.50. The predicted octanol–water partition coefficient (Wildman–Crippen LogP) is 3.88. The summed E-state index contributed by atoms with van der Waals surface area (Å²) < 4.78 is 5.46. The highest BCUT2D eigenvalue weighted by molar-refractivity contribution is 6.34. The van der Waals surface area contributed by atoms with Crippen LogP contribution in [0, 0.1) is 6.92 Å². The molecule has 0 saturated carbocycles. The minimum atomic E-state index is -0.343. The second-order valence-electron chi connectivity index (χ2n) is 4.59. The summed E-state index contributed by atoms with van der Waals surface area (Å²) in [6.07, 6.45) is 0. The first kappa shape index (κ1) is 15.2. The monoisotopic (exact) mass is 304 g/mol. The Labute approximate surface area is 128 Å². The summed E-state index contributed by atoms with van der Waals surface area (Å²) in [6, 6.07) is 10.5. The van der Waals surface area contributed by atoms with Crippen molar-refractivity contribution in [2.24, 2.45) is 0 Å². The average Bonchev–Trinajstić information content (AvgIpc) is 2.43. The molecule has 2 aromatic carbocycles. The van der Waals surface area contributed by atoms with Gasteiger partial charge in [0.15, 0.2) is 0 Å². The molecular formula is C16H17ClN2O2. The summed E-state index contributed by atoms with van der Waals surface area (Å²) in [4.78, 5) is 12.5. The Bertz CT molecular complexity index is 671. The lowest BCUT2D eigenvalue weighted by atomic mass is 10.1. The number of hydrogen-bond donors (Lipinski definition) is 2. The summed E-state index contributed by atoms with van der Waals surface area (Å²) >= 11 is 6.09. The van der Waals surface area contributed by atoms with Gasteiger partial charge in [-0.2, -0.15) is 0 Å². The van der Waals surface area contributed by atoms with E-state index >= 15 is 0 Å². The molecule has 0 saturated heterocycles. The predicted molar refractivity (Wildman–Crippen MR) is 86.2 cm³/mol. The molecule has 1 amide bonds. The first-order chi connectivity index (χ1) is 10.0. The molecule has 0 heterocycles. The lowest BCUT2D eigenvalue weighted by Gasteiger charge is -2.13. The van der Waals surface area contributed by atoms with Crippen molar-refractivity contribution in [3.8, 4) is 5.75 Å². The van der Waals surface area contributed by atoms with E-state index in [1.807, 2.05) is 19.9 Å². The third-order valence-electron chi connectivity index (χ3n) is 2.96. The lowest BCUT2D eigenvalue weighted by molar-refractivity contribution is 0.102. The third kappa shape index (κ3) is 3.47. The largest absolute Gasteiger partial charge is 0.493 e. The van der Waals surface area contributed by atoms with Gasteiger partial charge in [0.1, 0.15) is 11.3 Å². The molecule has 0 fully saturated rings. The molecule has 5 heteroatoms. The van der Waals surface area contributed by atoms with E-state index in [2.05, 4.69) is 5.32 Å². The minimum absolute atomic E-state index is 0.317. The third-order valence-corrected chi connectivity index (χ3v) is 3.29. The Morgan fingerprint density at radius 1 is 1.33 bits per heavy atom. The van der Waals surface area contributed by atoms with Crippen molar-refractivity contribution >= 4 is 28.9 Å². The zero-order chi connectivity index (χ0) is 15.4. The van der Waals surface area contributed by atoms with Crippen molar-refractivity contribution in [1.82, 2.24) is 0 Å². The molecule has 0 spiro atoms. The van der Waals surface area contributed by atoms with Gasteiger partial charge in [-0.05, 0) is 43.7 Å². The standard InChI is InChI=1S/C16H17ClN2O2/c1-3-21-14-6-4-5-12(18)15(14)16(20)19-13-9-10(2)7-8-11(13)17/h4-9H,3,18H2,1-2H3,(H,19,20). The number of ether oxygens (including phenoxy) is 1. The molecule has 0 atom stereocenters. The molecule has 0 bridgehead atoms. The molecule has 2 rings (SSSR count). The van der Waals surface area contributed by atoms with Crippen LogP contribution in [0.1, 0.15) is 22.8 Å². The number of nitrogens with two attached hydrogens (primary N) is 1. The van der Waals surface area contributed by atoms with Crippen LogP contribution in [0.5, 0.6) is 5.75 Å². The van der Waals surface area contributed by atoms with Gasteiger partial charge in [-0.15, -0.1) is 0 Å². The maximum Gasteiger partial charge on any atom is 0.261 e. The van der Waals surface area contributed by atoms with Gasteiger partial charge in [0.25, 0.3) is 5.91 Å². The van der Waals surface area contributed by atoms with Crippen LogP contribution in [-0.2, 0) is 0 Å². The van der Waals surface area contributed by atoms with Crippen LogP contribution in [0.2, 0.25) is 5.02 Å². The lowest BCUT2D eigenvalue weighted by Crippen LogP contribution is -2.16. The fraction of sp³-hybridized carbons (Fsp3) is 0.188. The second-order valence-corrected chi connectivity index (χ2v) is 5.00. The minimum Gasteiger partial charge on any atom is -0.493 e. The highest BCUT2D eigenvalue weighted by atomic mass is 35.5. The molecule has 0 aliphatic heterocycles. The fourth-order valence-corrected chi connectivity index (χ4v) is 2.15. The van der Waals surface area contributed by atoms with Crippen LogP contribution in [-0.4, -0.2) is 12.5 Å². The fourth-order valence-electron chi connectivity index (χ4n) is 1.99. The van der Waals surface area contributed by atoms with E-state index in [0.29, 0.717) is 34.3 Å². The summed E-state index contributed by atoms with van der Waals surface area (Å²) in [6.45, 7) is 4.23. The van der Waals surface area contributed by atoms with Crippen LogP contribution >= 0.6 is 11.6 Å². The van der Waals surface area contributed by atoms with Crippen LogP contribution in [0.3, 0.4) is 0 Å². The zero-order valence-electron chi connectivity index (χ0n) is 11.9. The maximum absolute atomic E-state index is 12.5. The molecule has 0 aliphatic carbocycles. The van der Waals surface area contributed by atoms with Crippen LogP contribution in [0.25, 0.3) is 0 Å². The van der Waals surface area contributed by atoms with Crippen LogP contribution in [0.15, 0.2) is 36.4 Å². The zero-order valence-corrected chi connectivity index (χ0v) is 12.7. The number of nitrogens with one attached hydrogen (secondary N) is 1. The Kier molecular flexibility index (Phi) is 4.70. The number of carbonyl (C=O) groups excluding carboxylic acids is 1. The molecule has 2 aromatic rings. The number of amides is 1. The molecule has 110 valence electrons. The van der Waals surface area contributed by atoms with Crippen molar-refractivity contribution in [2.75, 3.05) is 17.7 Å². The Hall–Kier alpha value is -2.20. The van der Waals surface area contributed by atoms with E-state index in [9.17, 15) is 4.79 Å². The van der Waals surface area contributed by atoms with Crippen LogP contribution < -0.4 is 15.8 Å². The maximum atomic E-state index is 12.5. The van der Waals surface area contributed by atoms with E-state index in [0.717, 1.165) is 5.56 Å². The van der Waals surface area contributed by atoms with Gasteiger partial charge in [0.2, 0.25) is 0 Å². The number of rotatable bonds is 4. The van der Waals surface area contributed by atoms with Gasteiger partial charge in [-0.25, -0.2) is 0 Å². The quantitative estimate of drug-likeness (QED) is 0.842. The molecule has 0 aromatic heterocycles. The van der Waals surface area contributed by atoms with Gasteiger partial charge in [-0.1, -0.05) is 23.7 Å². The van der Waals surface area contributed by atoms with Crippen molar-refractivity contribution in [3.05, 3.63) is 52.5 Å². The number of anilines is 2. The average molecular weight is 305 g/mol. The molecule has 0 aliphatic rings. The van der Waals surface area contributed by atoms with Gasteiger partial charge >= 0.3 is 0 Å². The Balaban J connectivity index is 2.34. The van der Waals surface area contributed by atoms with E-state index in [4.69, 9.17) is 22.1 Å². The molecule has 21 heavy (non-hydrogen) atoms. The highest BCUT2D eigenvalue weighted by Gasteiger charge is 2.17. The van der Waals surface area contributed by atoms with E-state index in [-0.39, 0.29) is 5.91 Å². The molecule has 3 N–H and O–H groups in total. The van der Waals surface area contributed by atoms with Gasteiger partial charge in [0, 0.05) is 5.69 Å². The van der Waals surface area contributed by atoms with Crippen molar-refractivity contribution in [2.45, 2.75) is 13.8 Å². The van der Waals surface area contributed by atoms with Crippen molar-refractivity contribution < 1.29 is 9.53 Å². The summed E-state index contributed by atoms with van der Waals surface area (Å²) in [7, 11) is 0. The smallest absolute Gasteiger partial charge is 0.261 e. The summed E-state index contributed by atoms with van der Waals surface area (Å²) in [5, 5.41) is 3.25. The number of aryl methyl sites for hydroxylation is 1. The number of halogens is 1. The van der Waals surface area contributed by atoms with E-state index in [1.54, 1.807) is 30.3 Å². The Morgan fingerprint density at radius 3 is 2.81 bits per heavy atom. The normalized spacial score (nSPS) is 10.2.